The molecule has 0 amide bonds. The van der Waals surface area contributed by atoms with Crippen LogP contribution in [0.15, 0.2) is 12.3 Å². The van der Waals surface area contributed by atoms with Gasteiger partial charge in [0, 0.05) is 38.4 Å². The van der Waals surface area contributed by atoms with Crippen LogP contribution in [0.5, 0.6) is 0 Å². The number of aromatic nitrogens is 2. The van der Waals surface area contributed by atoms with Crippen molar-refractivity contribution in [2.75, 3.05) is 26.2 Å². The molecule has 0 aliphatic carbocycles. The van der Waals surface area contributed by atoms with Crippen molar-refractivity contribution in [3.63, 3.8) is 0 Å². The molecule has 0 aliphatic rings. The highest BCUT2D eigenvalue weighted by molar-refractivity contribution is 5.00. The van der Waals surface area contributed by atoms with Gasteiger partial charge >= 0.3 is 0 Å². The Hall–Kier alpha value is -0.870. The van der Waals surface area contributed by atoms with Crippen LogP contribution in [0.25, 0.3) is 0 Å². The summed E-state index contributed by atoms with van der Waals surface area (Å²) in [6.45, 7) is 5.22. The van der Waals surface area contributed by atoms with Crippen molar-refractivity contribution in [2.24, 2.45) is 7.05 Å². The Bertz CT molecular complexity index is 267. The van der Waals surface area contributed by atoms with E-state index in [4.69, 9.17) is 5.11 Å². The topological polar surface area (TPSA) is 41.3 Å². The van der Waals surface area contributed by atoms with Crippen molar-refractivity contribution in [1.82, 2.24) is 14.7 Å². The van der Waals surface area contributed by atoms with E-state index in [1.54, 1.807) is 0 Å². The summed E-state index contributed by atoms with van der Waals surface area (Å²) in [5, 5.41) is 13.1. The summed E-state index contributed by atoms with van der Waals surface area (Å²) < 4.78 is 1.91. The van der Waals surface area contributed by atoms with Gasteiger partial charge in [-0.15, -0.1) is 0 Å². The fourth-order valence-corrected chi connectivity index (χ4v) is 1.71. The van der Waals surface area contributed by atoms with Gasteiger partial charge in [0.2, 0.25) is 0 Å². The van der Waals surface area contributed by atoms with Crippen LogP contribution in [0.1, 0.15) is 19.0 Å². The van der Waals surface area contributed by atoms with E-state index >= 15 is 0 Å². The largest absolute Gasteiger partial charge is 0.395 e. The minimum Gasteiger partial charge on any atom is -0.395 e. The quantitative estimate of drug-likeness (QED) is 0.720. The molecule has 1 aromatic rings. The van der Waals surface area contributed by atoms with Crippen molar-refractivity contribution in [3.8, 4) is 0 Å². The molecule has 0 radical (unpaired) electrons. The molecule has 15 heavy (non-hydrogen) atoms. The molecular formula is C11H21N3O. The summed E-state index contributed by atoms with van der Waals surface area (Å²) >= 11 is 0. The van der Waals surface area contributed by atoms with Gasteiger partial charge in [-0.25, -0.2) is 0 Å². The second kappa shape index (κ2) is 6.58. The van der Waals surface area contributed by atoms with Crippen molar-refractivity contribution < 1.29 is 5.11 Å². The van der Waals surface area contributed by atoms with E-state index in [1.165, 1.54) is 5.69 Å². The summed E-state index contributed by atoms with van der Waals surface area (Å²) in [6, 6.07) is 2.04. The molecule has 0 fully saturated rings. The maximum atomic E-state index is 8.92. The standard InChI is InChI=1S/C11H21N3O/c1-3-7-14(9-10-15)8-5-11-4-6-12-13(11)2/h4,6,15H,3,5,7-10H2,1-2H3. The SMILES string of the molecule is CCCN(CCO)CCc1ccnn1C. The summed E-state index contributed by atoms with van der Waals surface area (Å²) in [5.74, 6) is 0. The molecule has 1 N–H and O–H groups in total. The number of hydrogen-bond acceptors (Lipinski definition) is 3. The number of rotatable bonds is 7. The monoisotopic (exact) mass is 211 g/mol. The molecule has 0 saturated heterocycles. The van der Waals surface area contributed by atoms with E-state index in [-0.39, 0.29) is 6.61 Å². The highest BCUT2D eigenvalue weighted by Gasteiger charge is 2.04. The third-order valence-electron chi connectivity index (χ3n) is 2.56. The molecule has 4 heteroatoms. The highest BCUT2D eigenvalue weighted by atomic mass is 16.3. The van der Waals surface area contributed by atoms with Gasteiger partial charge in [-0.1, -0.05) is 6.92 Å². The molecule has 1 rings (SSSR count). The molecule has 1 heterocycles. The lowest BCUT2D eigenvalue weighted by Crippen LogP contribution is -2.30. The zero-order valence-corrected chi connectivity index (χ0v) is 9.69. The number of hydrogen-bond donors (Lipinski definition) is 1. The first-order valence-electron chi connectivity index (χ1n) is 5.58. The average molecular weight is 211 g/mol. The van der Waals surface area contributed by atoms with Gasteiger partial charge in [-0.3, -0.25) is 4.68 Å². The molecule has 4 nitrogen and oxygen atoms in total. The fraction of sp³-hybridized carbons (Fsp3) is 0.727. The Morgan fingerprint density at radius 3 is 2.73 bits per heavy atom. The third kappa shape index (κ3) is 4.01. The predicted molar refractivity (Wildman–Crippen MR) is 60.7 cm³/mol. The molecule has 0 saturated carbocycles. The first-order valence-corrected chi connectivity index (χ1v) is 5.58. The van der Waals surface area contributed by atoms with E-state index in [0.717, 1.165) is 32.5 Å². The van der Waals surface area contributed by atoms with E-state index in [0.29, 0.717) is 0 Å². The van der Waals surface area contributed by atoms with Crippen molar-refractivity contribution in [3.05, 3.63) is 18.0 Å². The maximum Gasteiger partial charge on any atom is 0.0558 e. The summed E-state index contributed by atoms with van der Waals surface area (Å²) in [5.41, 5.74) is 1.24. The molecule has 0 spiro atoms. The summed E-state index contributed by atoms with van der Waals surface area (Å²) in [6.07, 6.45) is 3.95. The first kappa shape index (κ1) is 12.2. The van der Waals surface area contributed by atoms with Gasteiger partial charge in [-0.2, -0.15) is 5.10 Å². The second-order valence-electron chi connectivity index (χ2n) is 3.76. The lowest BCUT2D eigenvalue weighted by Gasteiger charge is -2.20. The zero-order valence-electron chi connectivity index (χ0n) is 9.69. The first-order chi connectivity index (χ1) is 7.27. The molecule has 1 aromatic heterocycles. The minimum atomic E-state index is 0.241. The average Bonchev–Trinajstić information content (AvgIpc) is 2.61. The molecule has 0 bridgehead atoms. The van der Waals surface area contributed by atoms with Gasteiger partial charge in [0.1, 0.15) is 0 Å². The van der Waals surface area contributed by atoms with E-state index in [1.807, 2.05) is 24.0 Å². The predicted octanol–water partition coefficient (Wildman–Crippen LogP) is 0.667. The Kier molecular flexibility index (Phi) is 5.36. The fourth-order valence-electron chi connectivity index (χ4n) is 1.71. The van der Waals surface area contributed by atoms with Gasteiger partial charge < -0.3 is 10.0 Å². The van der Waals surface area contributed by atoms with Crippen LogP contribution in [-0.4, -0.2) is 46.0 Å². The van der Waals surface area contributed by atoms with E-state index in [2.05, 4.69) is 16.9 Å². The summed E-state index contributed by atoms with van der Waals surface area (Å²) in [7, 11) is 1.96. The van der Waals surface area contributed by atoms with Gasteiger partial charge in [0.25, 0.3) is 0 Å². The molecule has 86 valence electrons. The zero-order chi connectivity index (χ0) is 11.1. The van der Waals surface area contributed by atoms with Gasteiger partial charge in [0.05, 0.1) is 6.61 Å². The maximum absolute atomic E-state index is 8.92. The third-order valence-corrected chi connectivity index (χ3v) is 2.56. The van der Waals surface area contributed by atoms with Gasteiger partial charge in [0.15, 0.2) is 0 Å². The van der Waals surface area contributed by atoms with Crippen LogP contribution in [0.2, 0.25) is 0 Å². The van der Waals surface area contributed by atoms with Gasteiger partial charge in [-0.05, 0) is 19.0 Å². The molecular weight excluding hydrogens is 190 g/mol. The van der Waals surface area contributed by atoms with Crippen LogP contribution < -0.4 is 0 Å². The normalized spacial score (nSPS) is 11.2. The van der Waals surface area contributed by atoms with Crippen molar-refractivity contribution in [2.45, 2.75) is 19.8 Å². The number of nitrogens with zero attached hydrogens (tertiary/aromatic N) is 3. The number of aliphatic hydroxyl groups excluding tert-OH is 1. The Labute approximate surface area is 91.5 Å². The van der Waals surface area contributed by atoms with Crippen LogP contribution in [0.4, 0.5) is 0 Å². The Morgan fingerprint density at radius 1 is 1.40 bits per heavy atom. The molecule has 0 aliphatic heterocycles. The van der Waals surface area contributed by atoms with Crippen LogP contribution in [0, 0.1) is 0 Å². The van der Waals surface area contributed by atoms with Crippen molar-refractivity contribution >= 4 is 0 Å². The summed E-state index contributed by atoms with van der Waals surface area (Å²) in [4.78, 5) is 2.28. The van der Waals surface area contributed by atoms with E-state index < -0.39 is 0 Å². The number of aryl methyl sites for hydroxylation is 1. The molecule has 0 atom stereocenters. The molecule has 0 aromatic carbocycles. The van der Waals surface area contributed by atoms with Crippen LogP contribution in [-0.2, 0) is 13.5 Å². The van der Waals surface area contributed by atoms with Crippen molar-refractivity contribution in [1.29, 1.82) is 0 Å². The number of aliphatic hydroxyl groups is 1. The molecule has 0 unspecified atom stereocenters. The lowest BCUT2D eigenvalue weighted by atomic mass is 10.2. The van der Waals surface area contributed by atoms with Crippen LogP contribution >= 0.6 is 0 Å². The Balaban J connectivity index is 2.36. The second-order valence-corrected chi connectivity index (χ2v) is 3.76. The Morgan fingerprint density at radius 2 is 2.20 bits per heavy atom. The minimum absolute atomic E-state index is 0.241. The van der Waals surface area contributed by atoms with Crippen LogP contribution in [0.3, 0.4) is 0 Å². The van der Waals surface area contributed by atoms with E-state index in [9.17, 15) is 0 Å². The smallest absolute Gasteiger partial charge is 0.0558 e. The highest BCUT2D eigenvalue weighted by Crippen LogP contribution is 2.00. The lowest BCUT2D eigenvalue weighted by molar-refractivity contribution is 0.196.